The number of halogens is 2. The van der Waals surface area contributed by atoms with Crippen molar-refractivity contribution in [3.63, 3.8) is 0 Å². The third kappa shape index (κ3) is 5.98. The highest BCUT2D eigenvalue weighted by molar-refractivity contribution is 9.10. The minimum Gasteiger partial charge on any atom is -0.481 e. The molecule has 2 aromatic rings. The zero-order valence-corrected chi connectivity index (χ0v) is 16.1. The summed E-state index contributed by atoms with van der Waals surface area (Å²) < 4.78 is 7.32. The maximum Gasteiger partial charge on any atom is 0.279 e. The Bertz CT molecular complexity index is 720. The van der Waals surface area contributed by atoms with E-state index in [0.29, 0.717) is 5.75 Å². The van der Waals surface area contributed by atoms with Crippen molar-refractivity contribution in [2.75, 3.05) is 0 Å². The van der Waals surface area contributed by atoms with Crippen molar-refractivity contribution in [3.05, 3.63) is 63.0 Å². The largest absolute Gasteiger partial charge is 0.481 e. The molecule has 0 bridgehead atoms. The van der Waals surface area contributed by atoms with Crippen LogP contribution in [0.15, 0.2) is 57.5 Å². The number of hydrogen-bond acceptors (Lipinski definition) is 3. The van der Waals surface area contributed by atoms with Gasteiger partial charge in [-0.2, -0.15) is 0 Å². The Kier molecular flexibility index (Phi) is 6.81. The van der Waals surface area contributed by atoms with E-state index in [0.717, 1.165) is 14.5 Å². The molecule has 24 heavy (non-hydrogen) atoms. The van der Waals surface area contributed by atoms with Crippen LogP contribution in [0.2, 0.25) is 0 Å². The summed E-state index contributed by atoms with van der Waals surface area (Å²) in [7, 11) is 0. The molecule has 0 heterocycles. The van der Waals surface area contributed by atoms with Crippen LogP contribution in [0.5, 0.6) is 5.75 Å². The smallest absolute Gasteiger partial charge is 0.279 e. The Morgan fingerprint density at radius 1 is 1.04 bits per heavy atom. The molecule has 0 saturated heterocycles. The minimum atomic E-state index is -0.743. The van der Waals surface area contributed by atoms with Gasteiger partial charge in [0.15, 0.2) is 6.10 Å². The molecular weight excluding hydrogens is 440 g/mol. The number of rotatable bonds is 5. The Morgan fingerprint density at radius 3 is 2.42 bits per heavy atom. The van der Waals surface area contributed by atoms with Crippen molar-refractivity contribution in [2.45, 2.75) is 19.4 Å². The monoisotopic (exact) mass is 454 g/mol. The molecule has 0 aliphatic rings. The quantitative estimate of drug-likeness (QED) is 0.679. The molecule has 5 nitrogen and oxygen atoms in total. The van der Waals surface area contributed by atoms with Crippen LogP contribution in [0.4, 0.5) is 0 Å². The SMILES string of the molecule is C[C@H](Oc1cccc(Br)c1)C(=O)NNC(=O)Cc1ccc(Br)cc1. The third-order valence-electron chi connectivity index (χ3n) is 3.08. The minimum absolute atomic E-state index is 0.175. The lowest BCUT2D eigenvalue weighted by Crippen LogP contribution is -2.47. The van der Waals surface area contributed by atoms with Gasteiger partial charge in [-0.15, -0.1) is 0 Å². The van der Waals surface area contributed by atoms with Crippen LogP contribution < -0.4 is 15.6 Å². The second-order valence-corrected chi connectivity index (χ2v) is 6.89. The second kappa shape index (κ2) is 8.84. The van der Waals surface area contributed by atoms with E-state index in [-0.39, 0.29) is 12.3 Å². The van der Waals surface area contributed by atoms with Gasteiger partial charge in [0, 0.05) is 8.95 Å². The summed E-state index contributed by atoms with van der Waals surface area (Å²) in [6.45, 7) is 1.61. The summed E-state index contributed by atoms with van der Waals surface area (Å²) in [4.78, 5) is 23.8. The van der Waals surface area contributed by atoms with Gasteiger partial charge < -0.3 is 4.74 Å². The van der Waals surface area contributed by atoms with E-state index in [2.05, 4.69) is 42.7 Å². The van der Waals surface area contributed by atoms with Crippen LogP contribution in [-0.4, -0.2) is 17.9 Å². The van der Waals surface area contributed by atoms with Gasteiger partial charge in [-0.1, -0.05) is 50.1 Å². The van der Waals surface area contributed by atoms with Gasteiger partial charge in [0.05, 0.1) is 6.42 Å². The number of ether oxygens (including phenoxy) is 1. The van der Waals surface area contributed by atoms with Crippen LogP contribution in [-0.2, 0) is 16.0 Å². The normalized spacial score (nSPS) is 11.5. The molecule has 126 valence electrons. The van der Waals surface area contributed by atoms with Crippen LogP contribution in [0.3, 0.4) is 0 Å². The average Bonchev–Trinajstić information content (AvgIpc) is 2.54. The van der Waals surface area contributed by atoms with E-state index in [4.69, 9.17) is 4.74 Å². The molecule has 2 aromatic carbocycles. The molecule has 0 aliphatic heterocycles. The molecule has 0 fully saturated rings. The highest BCUT2D eigenvalue weighted by atomic mass is 79.9. The van der Waals surface area contributed by atoms with Crippen molar-refractivity contribution in [3.8, 4) is 5.75 Å². The molecule has 0 saturated carbocycles. The molecule has 0 spiro atoms. The molecule has 7 heteroatoms. The molecule has 2 amide bonds. The fourth-order valence-corrected chi connectivity index (χ4v) is 2.51. The van der Waals surface area contributed by atoms with Crippen molar-refractivity contribution in [1.29, 1.82) is 0 Å². The number of hydrogen-bond donors (Lipinski definition) is 2. The van der Waals surface area contributed by atoms with Gasteiger partial charge in [-0.25, -0.2) is 0 Å². The second-order valence-electron chi connectivity index (χ2n) is 5.06. The summed E-state index contributed by atoms with van der Waals surface area (Å²) >= 11 is 6.67. The van der Waals surface area contributed by atoms with Gasteiger partial charge in [0.2, 0.25) is 5.91 Å². The lowest BCUT2D eigenvalue weighted by atomic mass is 10.1. The van der Waals surface area contributed by atoms with Gasteiger partial charge >= 0.3 is 0 Å². The predicted molar refractivity (Wildman–Crippen MR) is 98.4 cm³/mol. The van der Waals surface area contributed by atoms with Gasteiger partial charge in [0.1, 0.15) is 5.75 Å². The number of carbonyl (C=O) groups excluding carboxylic acids is 2. The summed E-state index contributed by atoms with van der Waals surface area (Å²) in [6, 6.07) is 14.6. The number of hydrazine groups is 1. The Hall–Kier alpha value is -1.86. The van der Waals surface area contributed by atoms with Crippen LogP contribution >= 0.6 is 31.9 Å². The van der Waals surface area contributed by atoms with Crippen molar-refractivity contribution in [2.24, 2.45) is 0 Å². The Balaban J connectivity index is 1.79. The third-order valence-corrected chi connectivity index (χ3v) is 4.10. The fourth-order valence-electron chi connectivity index (χ4n) is 1.86. The van der Waals surface area contributed by atoms with Gasteiger partial charge in [-0.05, 0) is 42.8 Å². The van der Waals surface area contributed by atoms with E-state index in [1.807, 2.05) is 36.4 Å². The number of amides is 2. The number of carbonyl (C=O) groups is 2. The van der Waals surface area contributed by atoms with Gasteiger partial charge in [-0.3, -0.25) is 20.4 Å². The molecule has 2 N–H and O–H groups in total. The standard InChI is InChI=1S/C17H16Br2N2O3/c1-11(24-15-4-2-3-14(19)10-15)17(23)21-20-16(22)9-12-5-7-13(18)8-6-12/h2-8,10-11H,9H2,1H3,(H,20,22)(H,21,23)/t11-/m0/s1. The first-order valence-corrected chi connectivity index (χ1v) is 8.78. The van der Waals surface area contributed by atoms with E-state index < -0.39 is 12.0 Å². The van der Waals surface area contributed by atoms with E-state index in [1.54, 1.807) is 19.1 Å². The lowest BCUT2D eigenvalue weighted by Gasteiger charge is -2.15. The molecule has 0 aliphatic carbocycles. The highest BCUT2D eigenvalue weighted by Gasteiger charge is 2.15. The van der Waals surface area contributed by atoms with Gasteiger partial charge in [0.25, 0.3) is 5.91 Å². The summed E-state index contributed by atoms with van der Waals surface area (Å²) in [5.41, 5.74) is 5.60. The molecule has 2 rings (SSSR count). The first-order chi connectivity index (χ1) is 11.4. The first kappa shape index (κ1) is 18.5. The molecular formula is C17H16Br2N2O3. The molecule has 0 aromatic heterocycles. The predicted octanol–water partition coefficient (Wildman–Crippen LogP) is 3.37. The van der Waals surface area contributed by atoms with E-state index in [1.165, 1.54) is 0 Å². The van der Waals surface area contributed by atoms with E-state index >= 15 is 0 Å². The summed E-state index contributed by atoms with van der Waals surface area (Å²) in [6.07, 6.45) is -0.568. The number of benzene rings is 2. The number of nitrogens with one attached hydrogen (secondary N) is 2. The van der Waals surface area contributed by atoms with Crippen LogP contribution in [0.25, 0.3) is 0 Å². The molecule has 1 atom stereocenters. The Morgan fingerprint density at radius 2 is 1.75 bits per heavy atom. The first-order valence-electron chi connectivity index (χ1n) is 7.19. The maximum atomic E-state index is 12.0. The zero-order valence-electron chi connectivity index (χ0n) is 12.9. The van der Waals surface area contributed by atoms with Crippen molar-refractivity contribution >= 4 is 43.7 Å². The van der Waals surface area contributed by atoms with Crippen LogP contribution in [0, 0.1) is 0 Å². The molecule has 0 unspecified atom stereocenters. The van der Waals surface area contributed by atoms with Crippen LogP contribution in [0.1, 0.15) is 12.5 Å². The highest BCUT2D eigenvalue weighted by Crippen LogP contribution is 2.18. The Labute approximate surface area is 157 Å². The summed E-state index contributed by atoms with van der Waals surface area (Å²) in [5.74, 6) is -0.173. The zero-order chi connectivity index (χ0) is 17.5. The average molecular weight is 456 g/mol. The lowest BCUT2D eigenvalue weighted by molar-refractivity contribution is -0.132. The summed E-state index contributed by atoms with van der Waals surface area (Å²) in [5, 5.41) is 0. The van der Waals surface area contributed by atoms with E-state index in [9.17, 15) is 9.59 Å². The topological polar surface area (TPSA) is 67.4 Å². The fraction of sp³-hybridized carbons (Fsp3) is 0.176. The van der Waals surface area contributed by atoms with Crippen molar-refractivity contribution < 1.29 is 14.3 Å². The molecule has 0 radical (unpaired) electrons. The maximum absolute atomic E-state index is 12.0. The van der Waals surface area contributed by atoms with Crippen molar-refractivity contribution in [1.82, 2.24) is 10.9 Å².